The molecular formula is C10H10F3N3O. The van der Waals surface area contributed by atoms with Crippen molar-refractivity contribution in [3.63, 3.8) is 0 Å². The molecule has 1 amide bonds. The predicted molar refractivity (Wildman–Crippen MR) is 52.7 cm³/mol. The fourth-order valence-corrected chi connectivity index (χ4v) is 1.62. The molecule has 17 heavy (non-hydrogen) atoms. The number of hydrogen-bond donors (Lipinski definition) is 2. The molecule has 0 radical (unpaired) electrons. The Morgan fingerprint density at radius 3 is 2.71 bits per heavy atom. The van der Waals surface area contributed by atoms with Crippen molar-refractivity contribution in [1.82, 2.24) is 15.6 Å². The number of carbonyl (C=O) groups excluding carboxylic acids is 1. The molecule has 1 aliphatic rings. The second-order valence-corrected chi connectivity index (χ2v) is 3.72. The average Bonchev–Trinajstić information content (AvgIpc) is 2.28. The van der Waals surface area contributed by atoms with Crippen LogP contribution in [-0.4, -0.2) is 23.1 Å². The molecular weight excluding hydrogens is 235 g/mol. The number of alkyl halides is 3. The summed E-state index contributed by atoms with van der Waals surface area (Å²) in [5.41, 5.74) is 0.356. The van der Waals surface area contributed by atoms with Gasteiger partial charge in [-0.2, -0.15) is 13.2 Å². The largest absolute Gasteiger partial charge is 0.404 e. The molecule has 4 nitrogen and oxygen atoms in total. The van der Waals surface area contributed by atoms with Crippen LogP contribution < -0.4 is 10.6 Å². The molecule has 1 aliphatic heterocycles. The van der Waals surface area contributed by atoms with Crippen molar-refractivity contribution in [1.29, 1.82) is 0 Å². The van der Waals surface area contributed by atoms with Crippen molar-refractivity contribution < 1.29 is 18.0 Å². The van der Waals surface area contributed by atoms with Gasteiger partial charge in [-0.15, -0.1) is 0 Å². The van der Waals surface area contributed by atoms with Crippen LogP contribution >= 0.6 is 0 Å². The molecule has 0 bridgehead atoms. The van der Waals surface area contributed by atoms with Crippen molar-refractivity contribution in [3.8, 4) is 0 Å². The number of nitrogens with zero attached hydrogens (tertiary/aromatic N) is 1. The van der Waals surface area contributed by atoms with Crippen LogP contribution in [-0.2, 0) is 4.79 Å². The van der Waals surface area contributed by atoms with Crippen LogP contribution in [0.3, 0.4) is 0 Å². The van der Waals surface area contributed by atoms with E-state index in [0.29, 0.717) is 5.69 Å². The number of hydrogen-bond acceptors (Lipinski definition) is 3. The van der Waals surface area contributed by atoms with Crippen LogP contribution in [0.2, 0.25) is 0 Å². The van der Waals surface area contributed by atoms with Crippen LogP contribution in [0.25, 0.3) is 0 Å². The highest BCUT2D eigenvalue weighted by Gasteiger charge is 2.44. The van der Waals surface area contributed by atoms with Gasteiger partial charge in [0.1, 0.15) is 12.2 Å². The van der Waals surface area contributed by atoms with Crippen LogP contribution in [0.5, 0.6) is 0 Å². The molecule has 2 rings (SSSR count). The molecule has 0 aromatic carbocycles. The van der Waals surface area contributed by atoms with Gasteiger partial charge < -0.3 is 5.32 Å². The Morgan fingerprint density at radius 1 is 1.35 bits per heavy atom. The van der Waals surface area contributed by atoms with Gasteiger partial charge in [0.2, 0.25) is 5.91 Å². The van der Waals surface area contributed by atoms with Gasteiger partial charge in [0.15, 0.2) is 0 Å². The lowest BCUT2D eigenvalue weighted by atomic mass is 10.1. The fourth-order valence-electron chi connectivity index (χ4n) is 1.62. The van der Waals surface area contributed by atoms with Crippen molar-refractivity contribution in [2.45, 2.75) is 24.8 Å². The van der Waals surface area contributed by atoms with Crippen LogP contribution in [0, 0.1) is 0 Å². The summed E-state index contributed by atoms with van der Waals surface area (Å²) in [5.74, 6) is -0.637. The molecule has 1 saturated heterocycles. The lowest BCUT2D eigenvalue weighted by Gasteiger charge is -2.32. The topological polar surface area (TPSA) is 54.0 Å². The molecule has 92 valence electrons. The first kappa shape index (κ1) is 11.8. The number of nitrogens with one attached hydrogen (secondary N) is 2. The monoisotopic (exact) mass is 245 g/mol. The van der Waals surface area contributed by atoms with Crippen molar-refractivity contribution >= 4 is 5.91 Å². The molecule has 1 aromatic heterocycles. The third-order valence-corrected chi connectivity index (χ3v) is 2.44. The number of halogens is 3. The van der Waals surface area contributed by atoms with Gasteiger partial charge in [-0.3, -0.25) is 15.1 Å². The lowest BCUT2D eigenvalue weighted by molar-refractivity contribution is -0.169. The van der Waals surface area contributed by atoms with E-state index >= 15 is 0 Å². The molecule has 0 aliphatic carbocycles. The maximum Gasteiger partial charge on any atom is 0.404 e. The van der Waals surface area contributed by atoms with Crippen LogP contribution in [0.1, 0.15) is 18.3 Å². The van der Waals surface area contributed by atoms with E-state index in [1.165, 1.54) is 6.20 Å². The number of pyridine rings is 1. The van der Waals surface area contributed by atoms with E-state index in [0.717, 1.165) is 0 Å². The summed E-state index contributed by atoms with van der Waals surface area (Å²) in [7, 11) is 0. The quantitative estimate of drug-likeness (QED) is 0.779. The van der Waals surface area contributed by atoms with Gasteiger partial charge >= 0.3 is 6.18 Å². The Labute approximate surface area is 95.2 Å². The fraction of sp³-hybridized carbons (Fsp3) is 0.400. The first-order chi connectivity index (χ1) is 7.97. The average molecular weight is 245 g/mol. The molecule has 2 N–H and O–H groups in total. The number of rotatable bonds is 1. The van der Waals surface area contributed by atoms with Crippen LogP contribution in [0.4, 0.5) is 13.2 Å². The third kappa shape index (κ3) is 2.73. The first-order valence-corrected chi connectivity index (χ1v) is 5.00. The second kappa shape index (κ2) is 4.33. The summed E-state index contributed by atoms with van der Waals surface area (Å²) < 4.78 is 37.6. The van der Waals surface area contributed by atoms with Gasteiger partial charge in [0, 0.05) is 6.20 Å². The first-order valence-electron chi connectivity index (χ1n) is 5.00. The second-order valence-electron chi connectivity index (χ2n) is 3.72. The van der Waals surface area contributed by atoms with Crippen LogP contribution in [0.15, 0.2) is 24.4 Å². The van der Waals surface area contributed by atoms with Crippen molar-refractivity contribution in [3.05, 3.63) is 30.1 Å². The van der Waals surface area contributed by atoms with E-state index in [9.17, 15) is 18.0 Å². The molecule has 0 saturated carbocycles. The minimum Gasteiger partial charge on any atom is -0.335 e. The SMILES string of the molecule is O=C1CC(C(F)(F)F)NC(c2ccccn2)N1. The van der Waals surface area contributed by atoms with Gasteiger partial charge in [-0.05, 0) is 12.1 Å². The standard InChI is InChI=1S/C10H10F3N3O/c11-10(12,13)7-5-8(17)16-9(15-7)6-3-1-2-4-14-6/h1-4,7,9,15H,5H2,(H,16,17). The van der Waals surface area contributed by atoms with Gasteiger partial charge in [-0.1, -0.05) is 6.07 Å². The predicted octanol–water partition coefficient (Wildman–Crippen LogP) is 1.12. The zero-order chi connectivity index (χ0) is 12.5. The normalized spacial score (nSPS) is 25.5. The Hall–Kier alpha value is -1.63. The summed E-state index contributed by atoms with van der Waals surface area (Å²) in [6.45, 7) is 0. The molecule has 1 fully saturated rings. The molecule has 0 spiro atoms. The molecule has 2 heterocycles. The van der Waals surface area contributed by atoms with E-state index in [-0.39, 0.29) is 0 Å². The number of aromatic nitrogens is 1. The molecule has 7 heteroatoms. The van der Waals surface area contributed by atoms with Crippen molar-refractivity contribution in [2.24, 2.45) is 0 Å². The zero-order valence-corrected chi connectivity index (χ0v) is 8.66. The minimum absolute atomic E-state index is 0.356. The smallest absolute Gasteiger partial charge is 0.335 e. The molecule has 1 aromatic rings. The maximum absolute atomic E-state index is 12.5. The zero-order valence-electron chi connectivity index (χ0n) is 8.66. The van der Waals surface area contributed by atoms with E-state index in [2.05, 4.69) is 15.6 Å². The van der Waals surface area contributed by atoms with Crippen molar-refractivity contribution in [2.75, 3.05) is 0 Å². The van der Waals surface area contributed by atoms with E-state index in [4.69, 9.17) is 0 Å². The summed E-state index contributed by atoms with van der Waals surface area (Å²) in [6.07, 6.45) is -4.48. The number of amides is 1. The summed E-state index contributed by atoms with van der Waals surface area (Å²) in [6, 6.07) is 3.02. The maximum atomic E-state index is 12.5. The Kier molecular flexibility index (Phi) is 3.01. The highest BCUT2D eigenvalue weighted by Crippen LogP contribution is 2.26. The Balaban J connectivity index is 2.17. The van der Waals surface area contributed by atoms with Gasteiger partial charge in [0.25, 0.3) is 0 Å². The summed E-state index contributed by atoms with van der Waals surface area (Å²) in [5, 5.41) is 4.74. The van der Waals surface area contributed by atoms with E-state index in [1.807, 2.05) is 0 Å². The lowest BCUT2D eigenvalue weighted by Crippen LogP contribution is -2.56. The Morgan fingerprint density at radius 2 is 2.12 bits per heavy atom. The third-order valence-electron chi connectivity index (χ3n) is 2.44. The Bertz CT molecular complexity index is 407. The van der Waals surface area contributed by atoms with E-state index < -0.39 is 30.7 Å². The van der Waals surface area contributed by atoms with Gasteiger partial charge in [0.05, 0.1) is 12.1 Å². The number of carbonyl (C=O) groups is 1. The minimum atomic E-state index is -4.44. The molecule has 2 atom stereocenters. The van der Waals surface area contributed by atoms with Gasteiger partial charge in [-0.25, -0.2) is 0 Å². The summed E-state index contributed by atoms with van der Waals surface area (Å²) >= 11 is 0. The highest BCUT2D eigenvalue weighted by atomic mass is 19.4. The summed E-state index contributed by atoms with van der Waals surface area (Å²) in [4.78, 5) is 15.1. The van der Waals surface area contributed by atoms with E-state index in [1.54, 1.807) is 18.2 Å². The molecule has 2 unspecified atom stereocenters. The highest BCUT2D eigenvalue weighted by molar-refractivity contribution is 5.78.